The number of hydrogen-bond acceptors (Lipinski definition) is 3. The van der Waals surface area contributed by atoms with Crippen molar-refractivity contribution in [3.05, 3.63) is 35.9 Å². The van der Waals surface area contributed by atoms with Crippen LogP contribution in [0.15, 0.2) is 30.3 Å². The third kappa shape index (κ3) is 2.61. The summed E-state index contributed by atoms with van der Waals surface area (Å²) in [5, 5.41) is 3.32. The Balaban J connectivity index is 1.99. The summed E-state index contributed by atoms with van der Waals surface area (Å²) in [6, 6.07) is 10.4. The minimum absolute atomic E-state index is 0.0528. The van der Waals surface area contributed by atoms with Gasteiger partial charge in [-0.15, -0.1) is 0 Å². The molecule has 0 saturated carbocycles. The first kappa shape index (κ1) is 11.6. The van der Waals surface area contributed by atoms with Crippen molar-refractivity contribution in [1.29, 1.82) is 0 Å². The highest BCUT2D eigenvalue weighted by molar-refractivity contribution is 5.17. The van der Waals surface area contributed by atoms with Crippen LogP contribution >= 0.6 is 0 Å². The second kappa shape index (κ2) is 4.95. The molecular formula is C13H21N3. The van der Waals surface area contributed by atoms with Gasteiger partial charge >= 0.3 is 0 Å². The fraction of sp³-hybridized carbons (Fsp3) is 0.538. The van der Waals surface area contributed by atoms with E-state index in [2.05, 4.69) is 17.4 Å². The Bertz CT molecular complexity index is 317. The van der Waals surface area contributed by atoms with Crippen LogP contribution in [0.25, 0.3) is 0 Å². The maximum Gasteiger partial charge on any atom is 0.0335 e. The zero-order chi connectivity index (χ0) is 11.4. The zero-order valence-electron chi connectivity index (χ0n) is 9.65. The van der Waals surface area contributed by atoms with Crippen molar-refractivity contribution < 1.29 is 0 Å². The van der Waals surface area contributed by atoms with Crippen LogP contribution in [0.2, 0.25) is 0 Å². The van der Waals surface area contributed by atoms with Gasteiger partial charge in [0, 0.05) is 11.6 Å². The van der Waals surface area contributed by atoms with E-state index in [9.17, 15) is 0 Å². The van der Waals surface area contributed by atoms with Gasteiger partial charge in [-0.05, 0) is 37.9 Å². The van der Waals surface area contributed by atoms with Crippen LogP contribution in [0.1, 0.15) is 18.4 Å². The monoisotopic (exact) mass is 219 g/mol. The molecule has 1 unspecified atom stereocenters. The Labute approximate surface area is 97.2 Å². The van der Waals surface area contributed by atoms with E-state index in [1.165, 1.54) is 5.56 Å². The number of nitrogens with one attached hydrogen (secondary N) is 1. The summed E-state index contributed by atoms with van der Waals surface area (Å²) < 4.78 is 0. The van der Waals surface area contributed by atoms with Gasteiger partial charge in [-0.25, -0.2) is 0 Å². The summed E-state index contributed by atoms with van der Waals surface area (Å²) in [5.74, 6) is 0. The van der Waals surface area contributed by atoms with Gasteiger partial charge in [-0.2, -0.15) is 0 Å². The molecule has 0 spiro atoms. The van der Waals surface area contributed by atoms with Gasteiger partial charge in [0.15, 0.2) is 0 Å². The lowest BCUT2D eigenvalue weighted by molar-refractivity contribution is 0.258. The summed E-state index contributed by atoms with van der Waals surface area (Å²) >= 11 is 0. The van der Waals surface area contributed by atoms with Crippen molar-refractivity contribution in [1.82, 2.24) is 5.32 Å². The van der Waals surface area contributed by atoms with Gasteiger partial charge in [0.05, 0.1) is 0 Å². The molecule has 1 fully saturated rings. The molecule has 0 amide bonds. The van der Waals surface area contributed by atoms with Crippen LogP contribution in [0.5, 0.6) is 0 Å². The standard InChI is InChI=1S/C13H21N3/c14-12(10-11-4-2-1-3-5-11)13(15)6-8-16-9-7-13/h1-5,12,16H,6-10,14-15H2. The van der Waals surface area contributed by atoms with E-state index < -0.39 is 0 Å². The first-order valence-electron chi connectivity index (χ1n) is 6.00. The Hall–Kier alpha value is -0.900. The first-order chi connectivity index (χ1) is 7.71. The average molecular weight is 219 g/mol. The molecule has 0 bridgehead atoms. The van der Waals surface area contributed by atoms with Crippen molar-refractivity contribution in [2.24, 2.45) is 11.5 Å². The van der Waals surface area contributed by atoms with Crippen LogP contribution in [0, 0.1) is 0 Å². The first-order valence-corrected chi connectivity index (χ1v) is 6.00. The molecule has 5 N–H and O–H groups in total. The third-order valence-electron chi connectivity index (χ3n) is 3.57. The van der Waals surface area contributed by atoms with Crippen LogP contribution in [0.4, 0.5) is 0 Å². The van der Waals surface area contributed by atoms with Gasteiger partial charge in [-0.3, -0.25) is 0 Å². The smallest absolute Gasteiger partial charge is 0.0335 e. The Kier molecular flexibility index (Phi) is 3.59. The molecule has 0 aliphatic carbocycles. The summed E-state index contributed by atoms with van der Waals surface area (Å²) in [5.41, 5.74) is 13.7. The van der Waals surface area contributed by atoms with E-state index in [1.54, 1.807) is 0 Å². The van der Waals surface area contributed by atoms with Crippen molar-refractivity contribution in [3.63, 3.8) is 0 Å². The van der Waals surface area contributed by atoms with Gasteiger partial charge in [0.1, 0.15) is 0 Å². The second-order valence-electron chi connectivity index (χ2n) is 4.78. The Morgan fingerprint density at radius 1 is 1.19 bits per heavy atom. The molecule has 1 saturated heterocycles. The maximum absolute atomic E-state index is 6.39. The molecule has 1 atom stereocenters. The predicted octanol–water partition coefficient (Wildman–Crippen LogP) is 0.637. The lowest BCUT2D eigenvalue weighted by atomic mass is 9.80. The fourth-order valence-electron chi connectivity index (χ4n) is 2.33. The predicted molar refractivity (Wildman–Crippen MR) is 67.1 cm³/mol. The van der Waals surface area contributed by atoms with E-state index in [1.807, 2.05) is 18.2 Å². The summed E-state index contributed by atoms with van der Waals surface area (Å²) in [6.45, 7) is 1.97. The summed E-state index contributed by atoms with van der Waals surface area (Å²) in [7, 11) is 0. The normalized spacial score (nSPS) is 21.6. The number of nitrogens with two attached hydrogens (primary N) is 2. The van der Waals surface area contributed by atoms with E-state index >= 15 is 0 Å². The number of benzene rings is 1. The number of hydrogen-bond donors (Lipinski definition) is 3. The molecule has 88 valence electrons. The molecule has 3 heteroatoms. The lowest BCUT2D eigenvalue weighted by Crippen LogP contribution is -2.60. The molecule has 0 aromatic heterocycles. The Morgan fingerprint density at radius 3 is 2.44 bits per heavy atom. The third-order valence-corrected chi connectivity index (χ3v) is 3.57. The van der Waals surface area contributed by atoms with Crippen LogP contribution in [-0.2, 0) is 6.42 Å². The van der Waals surface area contributed by atoms with Crippen LogP contribution < -0.4 is 16.8 Å². The van der Waals surface area contributed by atoms with E-state index in [0.717, 1.165) is 32.4 Å². The van der Waals surface area contributed by atoms with Gasteiger partial charge < -0.3 is 16.8 Å². The highest BCUT2D eigenvalue weighted by Crippen LogP contribution is 2.20. The van der Waals surface area contributed by atoms with Gasteiger partial charge in [0.25, 0.3) is 0 Å². The number of piperidine rings is 1. The topological polar surface area (TPSA) is 64.1 Å². The molecule has 0 radical (unpaired) electrons. The van der Waals surface area contributed by atoms with Crippen LogP contribution in [-0.4, -0.2) is 24.7 Å². The average Bonchev–Trinajstić information content (AvgIpc) is 2.31. The highest BCUT2D eigenvalue weighted by Gasteiger charge is 2.33. The Morgan fingerprint density at radius 2 is 1.81 bits per heavy atom. The SMILES string of the molecule is NC(Cc1ccccc1)C1(N)CCNCC1. The summed E-state index contributed by atoms with van der Waals surface area (Å²) in [6.07, 6.45) is 2.82. The summed E-state index contributed by atoms with van der Waals surface area (Å²) in [4.78, 5) is 0. The molecule has 16 heavy (non-hydrogen) atoms. The van der Waals surface area contributed by atoms with Crippen molar-refractivity contribution in [3.8, 4) is 0 Å². The molecule has 1 aromatic carbocycles. The molecule has 1 aliphatic rings. The quantitative estimate of drug-likeness (QED) is 0.699. The van der Waals surface area contributed by atoms with E-state index in [-0.39, 0.29) is 11.6 Å². The molecular weight excluding hydrogens is 198 g/mol. The fourth-order valence-corrected chi connectivity index (χ4v) is 2.33. The van der Waals surface area contributed by atoms with Crippen molar-refractivity contribution >= 4 is 0 Å². The molecule has 1 aliphatic heterocycles. The van der Waals surface area contributed by atoms with Crippen molar-refractivity contribution in [2.45, 2.75) is 30.8 Å². The van der Waals surface area contributed by atoms with Gasteiger partial charge in [-0.1, -0.05) is 30.3 Å². The largest absolute Gasteiger partial charge is 0.326 e. The van der Waals surface area contributed by atoms with Crippen molar-refractivity contribution in [2.75, 3.05) is 13.1 Å². The molecule has 1 aromatic rings. The molecule has 2 rings (SSSR count). The van der Waals surface area contributed by atoms with E-state index in [0.29, 0.717) is 0 Å². The minimum Gasteiger partial charge on any atom is -0.326 e. The molecule has 3 nitrogen and oxygen atoms in total. The zero-order valence-corrected chi connectivity index (χ0v) is 9.65. The lowest BCUT2D eigenvalue weighted by Gasteiger charge is -2.39. The van der Waals surface area contributed by atoms with Crippen LogP contribution in [0.3, 0.4) is 0 Å². The number of rotatable bonds is 3. The maximum atomic E-state index is 6.39. The van der Waals surface area contributed by atoms with Gasteiger partial charge in [0.2, 0.25) is 0 Å². The second-order valence-corrected chi connectivity index (χ2v) is 4.78. The minimum atomic E-state index is -0.193. The molecule has 1 heterocycles. The highest BCUT2D eigenvalue weighted by atomic mass is 15.0. The van der Waals surface area contributed by atoms with E-state index in [4.69, 9.17) is 11.5 Å².